The number of hydrogen-bond donors (Lipinski definition) is 0. The van der Waals surface area contributed by atoms with Gasteiger partial charge in [-0.1, -0.05) is 32.4 Å². The van der Waals surface area contributed by atoms with Gasteiger partial charge in [0.15, 0.2) is 4.80 Å². The van der Waals surface area contributed by atoms with Gasteiger partial charge >= 0.3 is 0 Å². The highest BCUT2D eigenvalue weighted by Gasteiger charge is 2.27. The van der Waals surface area contributed by atoms with Crippen molar-refractivity contribution in [3.05, 3.63) is 49.7 Å². The van der Waals surface area contributed by atoms with Gasteiger partial charge in [-0.2, -0.15) is 4.99 Å². The molecule has 0 N–H and O–H groups in total. The molecule has 3 nitrogen and oxygen atoms in total. The standard InChI is InChI=1S/C20H25ClN2OS/c1-12-10-15(21)8-9-16(12)18(24)22-19-23(11-14-6-7-14)13(2)17(25-19)20(3,4)5/h8-10,14H,6-7,11H2,1-5H3. The summed E-state index contributed by atoms with van der Waals surface area (Å²) in [7, 11) is 0. The quantitative estimate of drug-likeness (QED) is 0.718. The summed E-state index contributed by atoms with van der Waals surface area (Å²) in [6.45, 7) is 11.6. The Kier molecular flexibility index (Phi) is 4.95. The van der Waals surface area contributed by atoms with Crippen molar-refractivity contribution in [1.82, 2.24) is 4.57 Å². The van der Waals surface area contributed by atoms with Crippen molar-refractivity contribution < 1.29 is 4.79 Å². The molecule has 25 heavy (non-hydrogen) atoms. The Hall–Kier alpha value is -1.39. The number of benzene rings is 1. The van der Waals surface area contributed by atoms with Crippen molar-refractivity contribution in [2.24, 2.45) is 10.9 Å². The van der Waals surface area contributed by atoms with Crippen LogP contribution in [-0.4, -0.2) is 10.5 Å². The number of halogens is 1. The van der Waals surface area contributed by atoms with Crippen LogP contribution in [0, 0.1) is 19.8 Å². The lowest BCUT2D eigenvalue weighted by atomic mass is 9.93. The van der Waals surface area contributed by atoms with Gasteiger partial charge in [-0.05, 0) is 61.8 Å². The number of carbonyl (C=O) groups excluding carboxylic acids is 1. The van der Waals surface area contributed by atoms with Gasteiger partial charge < -0.3 is 4.57 Å². The highest BCUT2D eigenvalue weighted by atomic mass is 35.5. The van der Waals surface area contributed by atoms with Crippen LogP contribution >= 0.6 is 22.9 Å². The Bertz CT molecular complexity index is 882. The minimum atomic E-state index is -0.194. The summed E-state index contributed by atoms with van der Waals surface area (Å²) in [5, 5.41) is 0.639. The minimum absolute atomic E-state index is 0.0487. The zero-order chi connectivity index (χ0) is 18.4. The number of nitrogens with zero attached hydrogens (tertiary/aromatic N) is 2. The Balaban J connectivity index is 2.07. The molecular weight excluding hydrogens is 352 g/mol. The maximum Gasteiger partial charge on any atom is 0.279 e. The first-order chi connectivity index (χ1) is 11.7. The summed E-state index contributed by atoms with van der Waals surface area (Å²) in [5.41, 5.74) is 2.77. The molecule has 5 heteroatoms. The molecule has 1 fully saturated rings. The van der Waals surface area contributed by atoms with E-state index in [0.29, 0.717) is 10.6 Å². The molecule has 2 aromatic rings. The highest BCUT2D eigenvalue weighted by molar-refractivity contribution is 7.09. The number of rotatable bonds is 3. The molecule has 0 unspecified atom stereocenters. The molecule has 0 saturated heterocycles. The van der Waals surface area contributed by atoms with E-state index >= 15 is 0 Å². The van der Waals surface area contributed by atoms with Crippen LogP contribution in [0.25, 0.3) is 0 Å². The van der Waals surface area contributed by atoms with E-state index < -0.39 is 0 Å². The lowest BCUT2D eigenvalue weighted by molar-refractivity contribution is 0.0997. The number of hydrogen-bond acceptors (Lipinski definition) is 2. The molecule has 1 aliphatic rings. The van der Waals surface area contributed by atoms with Crippen LogP contribution in [0.3, 0.4) is 0 Å². The van der Waals surface area contributed by atoms with Crippen LogP contribution in [-0.2, 0) is 12.0 Å². The van der Waals surface area contributed by atoms with Crippen molar-refractivity contribution in [2.75, 3.05) is 0 Å². The van der Waals surface area contributed by atoms with E-state index in [1.165, 1.54) is 23.4 Å². The Morgan fingerprint density at radius 3 is 2.56 bits per heavy atom. The van der Waals surface area contributed by atoms with Crippen LogP contribution in [0.15, 0.2) is 23.2 Å². The Morgan fingerprint density at radius 2 is 2.00 bits per heavy atom. The number of amides is 1. The second-order valence-electron chi connectivity index (χ2n) is 7.98. The predicted octanol–water partition coefficient (Wildman–Crippen LogP) is 5.27. The normalized spacial score (nSPS) is 15.7. The fourth-order valence-corrected chi connectivity index (χ4v) is 4.48. The molecule has 3 rings (SSSR count). The van der Waals surface area contributed by atoms with E-state index in [2.05, 4.69) is 37.3 Å². The molecule has 1 aromatic heterocycles. The molecule has 1 saturated carbocycles. The molecule has 1 aliphatic carbocycles. The van der Waals surface area contributed by atoms with Crippen molar-refractivity contribution in [1.29, 1.82) is 0 Å². The molecule has 0 atom stereocenters. The first-order valence-corrected chi connectivity index (χ1v) is 9.92. The second kappa shape index (κ2) is 6.73. The van der Waals surface area contributed by atoms with Crippen LogP contribution in [0.2, 0.25) is 5.02 Å². The summed E-state index contributed by atoms with van der Waals surface area (Å²) in [4.78, 5) is 19.4. The Labute approximate surface area is 158 Å². The van der Waals surface area contributed by atoms with Gasteiger partial charge in [-0.25, -0.2) is 0 Å². The fourth-order valence-electron chi connectivity index (χ4n) is 3.05. The van der Waals surface area contributed by atoms with Crippen LogP contribution in [0.1, 0.15) is 60.1 Å². The first kappa shape index (κ1) is 18.4. The van der Waals surface area contributed by atoms with Crippen molar-refractivity contribution >= 4 is 28.8 Å². The van der Waals surface area contributed by atoms with Crippen molar-refractivity contribution in [3.63, 3.8) is 0 Å². The summed E-state index contributed by atoms with van der Waals surface area (Å²) in [5.74, 6) is 0.535. The lowest BCUT2D eigenvalue weighted by Crippen LogP contribution is -2.20. The molecule has 0 bridgehead atoms. The summed E-state index contributed by atoms with van der Waals surface area (Å²) in [6.07, 6.45) is 2.55. The zero-order valence-electron chi connectivity index (χ0n) is 15.5. The monoisotopic (exact) mass is 376 g/mol. The van der Waals surface area contributed by atoms with Crippen molar-refractivity contribution in [3.8, 4) is 0 Å². The maximum atomic E-state index is 12.8. The third-order valence-electron chi connectivity index (χ3n) is 4.59. The molecule has 0 aliphatic heterocycles. The van der Waals surface area contributed by atoms with Gasteiger partial charge in [0.1, 0.15) is 0 Å². The van der Waals surface area contributed by atoms with E-state index in [1.807, 2.05) is 13.0 Å². The summed E-state index contributed by atoms with van der Waals surface area (Å²) >= 11 is 7.65. The van der Waals surface area contributed by atoms with Gasteiger partial charge in [0.2, 0.25) is 0 Å². The van der Waals surface area contributed by atoms with Crippen LogP contribution < -0.4 is 4.80 Å². The number of aromatic nitrogens is 1. The van der Waals surface area contributed by atoms with Gasteiger partial charge in [0.25, 0.3) is 5.91 Å². The van der Waals surface area contributed by atoms with Gasteiger partial charge in [-0.15, -0.1) is 11.3 Å². The predicted molar refractivity (Wildman–Crippen MR) is 105 cm³/mol. The van der Waals surface area contributed by atoms with E-state index in [0.717, 1.165) is 22.8 Å². The SMILES string of the molecule is Cc1cc(Cl)ccc1C(=O)N=c1sc(C(C)(C)C)c(C)n1CC1CC1. The van der Waals surface area contributed by atoms with E-state index in [4.69, 9.17) is 11.6 Å². The van der Waals surface area contributed by atoms with E-state index in [9.17, 15) is 4.79 Å². The number of carbonyl (C=O) groups is 1. The third kappa shape index (κ3) is 4.06. The topological polar surface area (TPSA) is 34.4 Å². The molecule has 0 spiro atoms. The van der Waals surface area contributed by atoms with Gasteiger partial charge in [0, 0.05) is 27.7 Å². The smallest absolute Gasteiger partial charge is 0.279 e. The largest absolute Gasteiger partial charge is 0.320 e. The molecule has 134 valence electrons. The molecular formula is C20H25ClN2OS. The van der Waals surface area contributed by atoms with Crippen LogP contribution in [0.4, 0.5) is 0 Å². The average molecular weight is 377 g/mol. The minimum Gasteiger partial charge on any atom is -0.320 e. The third-order valence-corrected chi connectivity index (χ3v) is 6.43. The van der Waals surface area contributed by atoms with E-state index in [-0.39, 0.29) is 11.3 Å². The van der Waals surface area contributed by atoms with Gasteiger partial charge in [0.05, 0.1) is 0 Å². The fraction of sp³-hybridized carbons (Fsp3) is 0.500. The molecule has 1 heterocycles. The number of thiazole rings is 1. The molecule has 1 aromatic carbocycles. The van der Waals surface area contributed by atoms with E-state index in [1.54, 1.807) is 23.5 Å². The molecule has 1 amide bonds. The lowest BCUT2D eigenvalue weighted by Gasteiger charge is -2.17. The second-order valence-corrected chi connectivity index (χ2v) is 9.39. The summed E-state index contributed by atoms with van der Waals surface area (Å²) < 4.78 is 2.24. The van der Waals surface area contributed by atoms with Gasteiger partial charge in [-0.3, -0.25) is 4.79 Å². The highest BCUT2D eigenvalue weighted by Crippen LogP contribution is 2.33. The first-order valence-electron chi connectivity index (χ1n) is 8.72. The zero-order valence-corrected chi connectivity index (χ0v) is 17.1. The molecule has 0 radical (unpaired) electrons. The van der Waals surface area contributed by atoms with Crippen molar-refractivity contribution in [2.45, 2.75) is 59.4 Å². The number of aryl methyl sites for hydroxylation is 1. The Morgan fingerprint density at radius 1 is 1.32 bits per heavy atom. The summed E-state index contributed by atoms with van der Waals surface area (Å²) in [6, 6.07) is 5.32. The van der Waals surface area contributed by atoms with Crippen LogP contribution in [0.5, 0.6) is 0 Å². The maximum absolute atomic E-state index is 12.8. The average Bonchev–Trinajstić information content (AvgIpc) is 3.25.